The van der Waals surface area contributed by atoms with Crippen molar-refractivity contribution in [3.05, 3.63) is 58.6 Å². The molecule has 6 heteroatoms. The monoisotopic (exact) mass is 542 g/mol. The van der Waals surface area contributed by atoms with Crippen molar-refractivity contribution in [2.75, 3.05) is 6.61 Å². The molecule has 0 bridgehead atoms. The summed E-state index contributed by atoms with van der Waals surface area (Å²) in [5.74, 6) is 1.26. The van der Waals surface area contributed by atoms with Crippen LogP contribution in [0.2, 0.25) is 5.02 Å². The molecule has 2 aromatic carbocycles. The minimum atomic E-state index is -0.0442. The minimum Gasteiger partial charge on any atom is -0.490 e. The lowest BCUT2D eigenvalue weighted by atomic mass is 10.0. The average molecular weight is 543 g/mol. The van der Waals surface area contributed by atoms with Gasteiger partial charge in [-0.15, -0.1) is 0 Å². The van der Waals surface area contributed by atoms with Crippen LogP contribution >= 0.6 is 11.6 Å². The SMILES string of the molecule is CCCCCCCCCCCCCCCC(=O)NN=Cc1ccc(OCc2ccc(Cl)cc2)c(OCC)c1. The number of rotatable bonds is 21. The number of hydrazone groups is 1. The molecule has 5 nitrogen and oxygen atoms in total. The van der Waals surface area contributed by atoms with Crippen molar-refractivity contribution < 1.29 is 14.3 Å². The molecule has 0 heterocycles. The Hall–Kier alpha value is -2.53. The summed E-state index contributed by atoms with van der Waals surface area (Å²) < 4.78 is 11.7. The lowest BCUT2D eigenvalue weighted by Crippen LogP contribution is -2.16. The number of hydrogen-bond donors (Lipinski definition) is 1. The number of unbranched alkanes of at least 4 members (excludes halogenated alkanes) is 12. The molecule has 0 aliphatic carbocycles. The Bertz CT molecular complexity index is 931. The summed E-state index contributed by atoms with van der Waals surface area (Å²) in [6.07, 6.45) is 19.0. The number of halogens is 1. The predicted molar refractivity (Wildman–Crippen MR) is 159 cm³/mol. The number of carbonyl (C=O) groups excluding carboxylic acids is 1. The molecule has 38 heavy (non-hydrogen) atoms. The number of carbonyl (C=O) groups is 1. The molecule has 0 aliphatic heterocycles. The van der Waals surface area contributed by atoms with E-state index in [1.807, 2.05) is 49.4 Å². The first-order valence-electron chi connectivity index (χ1n) is 14.6. The van der Waals surface area contributed by atoms with Crippen molar-refractivity contribution in [1.29, 1.82) is 0 Å². The number of nitrogens with one attached hydrogen (secondary N) is 1. The maximum absolute atomic E-state index is 12.1. The molecule has 210 valence electrons. The van der Waals surface area contributed by atoms with Gasteiger partial charge in [-0.2, -0.15) is 5.10 Å². The van der Waals surface area contributed by atoms with E-state index in [0.717, 1.165) is 24.0 Å². The van der Waals surface area contributed by atoms with Gasteiger partial charge in [-0.25, -0.2) is 5.43 Å². The summed E-state index contributed by atoms with van der Waals surface area (Å²) in [5.41, 5.74) is 4.49. The average Bonchev–Trinajstić information content (AvgIpc) is 2.92. The van der Waals surface area contributed by atoms with Gasteiger partial charge < -0.3 is 9.47 Å². The zero-order valence-electron chi connectivity index (χ0n) is 23.5. The Balaban J connectivity index is 1.59. The lowest BCUT2D eigenvalue weighted by Gasteiger charge is -2.12. The van der Waals surface area contributed by atoms with Crippen molar-refractivity contribution in [2.45, 2.75) is 110 Å². The number of benzene rings is 2. The van der Waals surface area contributed by atoms with Gasteiger partial charge in [0, 0.05) is 11.4 Å². The zero-order valence-corrected chi connectivity index (χ0v) is 24.2. The van der Waals surface area contributed by atoms with Gasteiger partial charge in [-0.3, -0.25) is 4.79 Å². The predicted octanol–water partition coefficient (Wildman–Crippen LogP) is 9.25. The second-order valence-electron chi connectivity index (χ2n) is 9.84. The highest BCUT2D eigenvalue weighted by Gasteiger charge is 2.07. The molecule has 0 saturated heterocycles. The highest BCUT2D eigenvalue weighted by atomic mass is 35.5. The standard InChI is InChI=1S/C32H47ClN2O3/c1-3-5-6-7-8-9-10-11-12-13-14-15-16-17-32(36)35-34-25-28-20-23-30(31(24-28)37-4-2)38-26-27-18-21-29(33)22-19-27/h18-25H,3-17,26H2,1-2H3,(H,35,36). The quantitative estimate of drug-likeness (QED) is 0.0970. The first kappa shape index (κ1) is 31.7. The van der Waals surface area contributed by atoms with Gasteiger partial charge in [0.1, 0.15) is 6.61 Å². The van der Waals surface area contributed by atoms with Crippen molar-refractivity contribution in [3.8, 4) is 11.5 Å². The molecule has 0 radical (unpaired) electrons. The second kappa shape index (κ2) is 20.4. The molecule has 0 fully saturated rings. The van der Waals surface area contributed by atoms with Crippen molar-refractivity contribution in [2.24, 2.45) is 5.10 Å². The van der Waals surface area contributed by atoms with Crippen LogP contribution in [0.1, 0.15) is 115 Å². The summed E-state index contributed by atoms with van der Waals surface area (Å²) in [7, 11) is 0. The van der Waals surface area contributed by atoms with Gasteiger partial charge in [0.05, 0.1) is 12.8 Å². The molecule has 1 amide bonds. The van der Waals surface area contributed by atoms with E-state index in [2.05, 4.69) is 17.5 Å². The van der Waals surface area contributed by atoms with E-state index in [9.17, 15) is 4.79 Å². The molecular formula is C32H47ClN2O3. The fourth-order valence-corrected chi connectivity index (χ4v) is 4.40. The summed E-state index contributed by atoms with van der Waals surface area (Å²) in [4.78, 5) is 12.1. The van der Waals surface area contributed by atoms with Crippen molar-refractivity contribution >= 4 is 23.7 Å². The van der Waals surface area contributed by atoms with E-state index in [4.69, 9.17) is 21.1 Å². The van der Waals surface area contributed by atoms with E-state index in [0.29, 0.717) is 36.2 Å². The van der Waals surface area contributed by atoms with Crippen LogP contribution in [0.5, 0.6) is 11.5 Å². The second-order valence-corrected chi connectivity index (χ2v) is 10.3. The Morgan fingerprint density at radius 1 is 0.789 bits per heavy atom. The maximum Gasteiger partial charge on any atom is 0.240 e. The van der Waals surface area contributed by atoms with E-state index in [1.165, 1.54) is 70.6 Å². The number of ether oxygens (including phenoxy) is 2. The van der Waals surface area contributed by atoms with Crippen molar-refractivity contribution in [3.63, 3.8) is 0 Å². The summed E-state index contributed by atoms with van der Waals surface area (Å²) >= 11 is 5.95. The van der Waals surface area contributed by atoms with Gasteiger partial charge in [-0.05, 0) is 54.8 Å². The molecule has 0 spiro atoms. The fraction of sp³-hybridized carbons (Fsp3) is 0.562. The van der Waals surface area contributed by atoms with E-state index in [-0.39, 0.29) is 5.91 Å². The molecule has 0 aliphatic rings. The highest BCUT2D eigenvalue weighted by molar-refractivity contribution is 6.30. The van der Waals surface area contributed by atoms with E-state index < -0.39 is 0 Å². The number of hydrogen-bond acceptors (Lipinski definition) is 4. The van der Waals surface area contributed by atoms with Crippen LogP contribution in [0.25, 0.3) is 0 Å². The highest BCUT2D eigenvalue weighted by Crippen LogP contribution is 2.29. The Kier molecular flexibility index (Phi) is 17.0. The molecule has 0 aromatic heterocycles. The minimum absolute atomic E-state index is 0.0442. The summed E-state index contributed by atoms with van der Waals surface area (Å²) in [6.45, 7) is 5.14. The third-order valence-corrected chi connectivity index (χ3v) is 6.74. The first-order valence-corrected chi connectivity index (χ1v) is 15.0. The summed E-state index contributed by atoms with van der Waals surface area (Å²) in [5, 5.41) is 4.82. The molecule has 2 rings (SSSR count). The Morgan fingerprint density at radius 2 is 1.39 bits per heavy atom. The Morgan fingerprint density at radius 3 is 2.00 bits per heavy atom. The largest absolute Gasteiger partial charge is 0.490 e. The van der Waals surface area contributed by atoms with Gasteiger partial charge in [0.15, 0.2) is 11.5 Å². The topological polar surface area (TPSA) is 59.9 Å². The third-order valence-electron chi connectivity index (χ3n) is 6.49. The van der Waals surface area contributed by atoms with Crippen LogP contribution in [-0.2, 0) is 11.4 Å². The first-order chi connectivity index (χ1) is 18.6. The van der Waals surface area contributed by atoms with E-state index in [1.54, 1.807) is 6.21 Å². The maximum atomic E-state index is 12.1. The molecule has 1 N–H and O–H groups in total. The van der Waals surface area contributed by atoms with Crippen LogP contribution in [0, 0.1) is 0 Å². The summed E-state index contributed by atoms with van der Waals surface area (Å²) in [6, 6.07) is 13.2. The molecule has 0 unspecified atom stereocenters. The van der Waals surface area contributed by atoms with Crippen LogP contribution in [0.4, 0.5) is 0 Å². The molecule has 0 atom stereocenters. The van der Waals surface area contributed by atoms with E-state index >= 15 is 0 Å². The third kappa shape index (κ3) is 14.4. The van der Waals surface area contributed by atoms with Crippen LogP contribution in [0.3, 0.4) is 0 Å². The number of nitrogens with zero attached hydrogens (tertiary/aromatic N) is 1. The van der Waals surface area contributed by atoms with Crippen LogP contribution in [0.15, 0.2) is 47.6 Å². The Labute approximate surface area is 235 Å². The smallest absolute Gasteiger partial charge is 0.240 e. The van der Waals surface area contributed by atoms with Gasteiger partial charge in [0.25, 0.3) is 0 Å². The van der Waals surface area contributed by atoms with Crippen LogP contribution in [-0.4, -0.2) is 18.7 Å². The normalized spacial score (nSPS) is 11.1. The van der Waals surface area contributed by atoms with Crippen LogP contribution < -0.4 is 14.9 Å². The van der Waals surface area contributed by atoms with Gasteiger partial charge in [0.2, 0.25) is 5.91 Å². The number of amides is 1. The zero-order chi connectivity index (χ0) is 27.3. The van der Waals surface area contributed by atoms with Gasteiger partial charge >= 0.3 is 0 Å². The fourth-order valence-electron chi connectivity index (χ4n) is 4.27. The molecule has 2 aromatic rings. The van der Waals surface area contributed by atoms with Crippen molar-refractivity contribution in [1.82, 2.24) is 5.43 Å². The molecule has 0 saturated carbocycles. The van der Waals surface area contributed by atoms with Gasteiger partial charge in [-0.1, -0.05) is 108 Å². The lowest BCUT2D eigenvalue weighted by molar-refractivity contribution is -0.121. The molecular weight excluding hydrogens is 496 g/mol.